The zero-order valence-electron chi connectivity index (χ0n) is 12.5. The molecule has 1 aromatic carbocycles. The molecule has 24 heavy (non-hydrogen) atoms. The Morgan fingerprint density at radius 3 is 2.58 bits per heavy atom. The third kappa shape index (κ3) is 1.88. The largest absolute Gasteiger partial charge is 0.462 e. The highest BCUT2D eigenvalue weighted by Gasteiger charge is 2.24. The van der Waals surface area contributed by atoms with E-state index in [-0.39, 0.29) is 39.7 Å². The quantitative estimate of drug-likeness (QED) is 0.317. The van der Waals surface area contributed by atoms with Crippen LogP contribution in [0.15, 0.2) is 53.4 Å². The fraction of sp³-hybridized carbons (Fsp3) is 0.118. The van der Waals surface area contributed by atoms with Crippen LogP contribution in [-0.4, -0.2) is 12.6 Å². The summed E-state index contributed by atoms with van der Waals surface area (Å²) in [6.07, 6.45) is 1.08. The normalized spacial score (nSPS) is 11.4. The van der Waals surface area contributed by atoms with Gasteiger partial charge in [0.25, 0.3) is 0 Å². The smallest absolute Gasteiger partial charge is 0.351 e. The molecule has 0 radical (unpaired) electrons. The summed E-state index contributed by atoms with van der Waals surface area (Å²) >= 11 is 0. The van der Waals surface area contributed by atoms with Gasteiger partial charge in [0, 0.05) is 0 Å². The van der Waals surface area contributed by atoms with E-state index >= 15 is 0 Å². The van der Waals surface area contributed by atoms with Crippen molar-refractivity contribution in [1.82, 2.24) is 0 Å². The molecule has 0 saturated carbocycles. The number of carbonyl (C=O) groups excluding carboxylic acids is 1. The molecule has 0 spiro atoms. The van der Waals surface area contributed by atoms with Crippen molar-refractivity contribution in [2.24, 2.45) is 0 Å². The minimum atomic E-state index is -0.787. The van der Waals surface area contributed by atoms with Gasteiger partial charge in [-0.1, -0.05) is 12.1 Å². The van der Waals surface area contributed by atoms with Gasteiger partial charge in [-0.2, -0.15) is 0 Å². The molecular weight excluding hydrogens is 316 g/mol. The number of rotatable bonds is 2. The van der Waals surface area contributed by atoms with Crippen molar-refractivity contribution in [3.63, 3.8) is 0 Å². The fourth-order valence-corrected chi connectivity index (χ4v) is 2.67. The van der Waals surface area contributed by atoms with Crippen LogP contribution >= 0.6 is 0 Å². The molecule has 0 aliphatic carbocycles. The molecule has 4 rings (SSSR count). The molecular formula is C17H10O7. The minimum absolute atomic E-state index is 0.0288. The van der Waals surface area contributed by atoms with E-state index in [1.807, 2.05) is 0 Å². The average Bonchev–Trinajstić information content (AvgIpc) is 3.00. The van der Waals surface area contributed by atoms with Crippen molar-refractivity contribution in [1.29, 1.82) is 0 Å². The summed E-state index contributed by atoms with van der Waals surface area (Å²) in [5.74, 6) is -0.729. The molecule has 7 heteroatoms. The predicted octanol–water partition coefficient (Wildman–Crippen LogP) is 2.82. The van der Waals surface area contributed by atoms with Gasteiger partial charge < -0.3 is 18.0 Å². The zero-order valence-corrected chi connectivity index (χ0v) is 12.5. The Hall–Kier alpha value is -3.35. The second-order valence-corrected chi connectivity index (χ2v) is 5.05. The van der Waals surface area contributed by atoms with Gasteiger partial charge >= 0.3 is 17.2 Å². The Morgan fingerprint density at radius 1 is 1.04 bits per heavy atom. The maximum absolute atomic E-state index is 12.4. The van der Waals surface area contributed by atoms with Gasteiger partial charge in [-0.3, -0.25) is 0 Å². The highest BCUT2D eigenvalue weighted by molar-refractivity contribution is 6.13. The van der Waals surface area contributed by atoms with Gasteiger partial charge in [-0.15, -0.1) is 0 Å². The lowest BCUT2D eigenvalue weighted by Gasteiger charge is -2.02. The lowest BCUT2D eigenvalue weighted by atomic mass is 10.1. The van der Waals surface area contributed by atoms with Crippen molar-refractivity contribution in [3.05, 3.63) is 56.9 Å². The molecule has 4 aromatic rings. The topological polar surface area (TPSA) is 99.9 Å². The first-order chi connectivity index (χ1) is 11.6. The molecule has 3 heterocycles. The molecule has 0 atom stereocenters. The number of furan rings is 1. The summed E-state index contributed by atoms with van der Waals surface area (Å²) in [5, 5.41) is 0.294. The Morgan fingerprint density at radius 2 is 1.79 bits per heavy atom. The first-order valence-corrected chi connectivity index (χ1v) is 7.18. The lowest BCUT2D eigenvalue weighted by molar-refractivity contribution is 0.0527. The molecule has 0 aliphatic rings. The van der Waals surface area contributed by atoms with Crippen LogP contribution in [0.2, 0.25) is 0 Å². The second kappa shape index (κ2) is 5.09. The molecule has 0 fully saturated rings. The first kappa shape index (κ1) is 14.3. The number of para-hydroxylation sites is 1. The average molecular weight is 326 g/mol. The van der Waals surface area contributed by atoms with Gasteiger partial charge in [0.05, 0.1) is 12.0 Å². The van der Waals surface area contributed by atoms with Crippen LogP contribution in [0.3, 0.4) is 0 Å². The third-order valence-electron chi connectivity index (χ3n) is 3.68. The van der Waals surface area contributed by atoms with Crippen LogP contribution in [0.5, 0.6) is 0 Å². The maximum atomic E-state index is 12.4. The highest BCUT2D eigenvalue weighted by Crippen LogP contribution is 2.29. The Kier molecular flexibility index (Phi) is 3.02. The summed E-state index contributed by atoms with van der Waals surface area (Å²) in [6.45, 7) is 1.77. The molecule has 0 saturated heterocycles. The van der Waals surface area contributed by atoms with Crippen LogP contribution in [0, 0.1) is 0 Å². The van der Waals surface area contributed by atoms with E-state index in [9.17, 15) is 14.4 Å². The monoisotopic (exact) mass is 326 g/mol. The molecule has 0 N–H and O–H groups in total. The number of esters is 1. The summed E-state index contributed by atoms with van der Waals surface area (Å²) in [4.78, 5) is 36.6. The number of hydrogen-bond acceptors (Lipinski definition) is 7. The zero-order chi connectivity index (χ0) is 16.8. The van der Waals surface area contributed by atoms with Crippen molar-refractivity contribution < 1.29 is 22.8 Å². The van der Waals surface area contributed by atoms with Gasteiger partial charge in [0.1, 0.15) is 28.2 Å². The lowest BCUT2D eigenvalue weighted by Crippen LogP contribution is -2.10. The molecule has 3 aromatic heterocycles. The van der Waals surface area contributed by atoms with Crippen molar-refractivity contribution in [2.75, 3.05) is 6.61 Å². The Labute approximate surface area is 133 Å². The van der Waals surface area contributed by atoms with E-state index in [0.717, 1.165) is 6.26 Å². The van der Waals surface area contributed by atoms with Crippen LogP contribution in [-0.2, 0) is 4.74 Å². The van der Waals surface area contributed by atoms with Crippen LogP contribution in [0.25, 0.3) is 32.9 Å². The van der Waals surface area contributed by atoms with Crippen molar-refractivity contribution in [3.8, 4) is 0 Å². The third-order valence-corrected chi connectivity index (χ3v) is 3.68. The standard InChI is InChI=1S/C17H10O7/c1-2-21-15(18)9-7-22-14-11(9)16(19)24-13-8-5-3-4-6-10(8)23-17(20)12(13)14/h3-7H,2H2,1H3. The summed E-state index contributed by atoms with van der Waals surface area (Å²) in [5.41, 5.74) is -1.30. The van der Waals surface area contributed by atoms with E-state index in [0.29, 0.717) is 5.39 Å². The Bertz CT molecular complexity index is 1220. The second-order valence-electron chi connectivity index (χ2n) is 5.05. The molecule has 0 aliphatic heterocycles. The van der Waals surface area contributed by atoms with Gasteiger partial charge in [0.2, 0.25) is 0 Å². The summed E-state index contributed by atoms with van der Waals surface area (Å²) in [6, 6.07) is 6.66. The van der Waals surface area contributed by atoms with Gasteiger partial charge in [0.15, 0.2) is 11.2 Å². The number of benzene rings is 1. The van der Waals surface area contributed by atoms with Crippen LogP contribution in [0.4, 0.5) is 0 Å². The number of fused-ring (bicyclic) bond motifs is 5. The van der Waals surface area contributed by atoms with E-state index in [2.05, 4.69) is 0 Å². The minimum Gasteiger partial charge on any atom is -0.462 e. The van der Waals surface area contributed by atoms with Gasteiger partial charge in [-0.05, 0) is 19.1 Å². The van der Waals surface area contributed by atoms with Crippen molar-refractivity contribution >= 4 is 38.9 Å². The highest BCUT2D eigenvalue weighted by atomic mass is 16.5. The van der Waals surface area contributed by atoms with Crippen LogP contribution < -0.4 is 11.3 Å². The number of ether oxygens (including phenoxy) is 1. The van der Waals surface area contributed by atoms with E-state index in [1.165, 1.54) is 0 Å². The summed E-state index contributed by atoms with van der Waals surface area (Å²) < 4.78 is 20.8. The van der Waals surface area contributed by atoms with Crippen LogP contribution in [0.1, 0.15) is 17.3 Å². The van der Waals surface area contributed by atoms with E-state index in [4.69, 9.17) is 18.0 Å². The van der Waals surface area contributed by atoms with E-state index < -0.39 is 17.2 Å². The summed E-state index contributed by atoms with van der Waals surface area (Å²) in [7, 11) is 0. The molecule has 0 amide bonds. The Balaban J connectivity index is 2.20. The molecule has 0 bridgehead atoms. The predicted molar refractivity (Wildman–Crippen MR) is 84.3 cm³/mol. The molecule has 7 nitrogen and oxygen atoms in total. The SMILES string of the molecule is CCOC(=O)c1coc2c1c(=O)oc1c3ccccc3oc(=O)c21. The van der Waals surface area contributed by atoms with E-state index in [1.54, 1.807) is 31.2 Å². The maximum Gasteiger partial charge on any atom is 0.351 e. The number of carbonyl (C=O) groups is 1. The fourth-order valence-electron chi connectivity index (χ4n) is 2.67. The first-order valence-electron chi connectivity index (χ1n) is 7.18. The molecule has 0 unspecified atom stereocenters. The van der Waals surface area contributed by atoms with Crippen molar-refractivity contribution in [2.45, 2.75) is 6.92 Å². The molecule has 120 valence electrons. The van der Waals surface area contributed by atoms with Gasteiger partial charge in [-0.25, -0.2) is 14.4 Å². The number of hydrogen-bond donors (Lipinski definition) is 0.